The number of hydrogen-bond donors (Lipinski definition) is 0. The van der Waals surface area contributed by atoms with Gasteiger partial charge in [-0.25, -0.2) is 4.90 Å². The molecule has 4 nitrogen and oxygen atoms in total. The molecule has 0 atom stereocenters. The third-order valence-corrected chi connectivity index (χ3v) is 4.00. The number of anilines is 1. The van der Waals surface area contributed by atoms with Gasteiger partial charge in [0, 0.05) is 15.1 Å². The largest absolute Gasteiger partial charge is 0.268 e. The lowest BCUT2D eigenvalue weighted by Crippen LogP contribution is -2.29. The SMILES string of the molecule is O=C1c2ccc(Br)cc2C(=O)N1c1cnccc1Br. The van der Waals surface area contributed by atoms with E-state index < -0.39 is 0 Å². The second kappa shape index (κ2) is 4.54. The standard InChI is InChI=1S/C13H6Br2N2O2/c14-7-1-2-8-9(5-7)13(19)17(12(8)18)11-6-16-4-3-10(11)15/h1-6H. The number of aromatic nitrogens is 1. The molecule has 0 N–H and O–H groups in total. The van der Waals surface area contributed by atoms with E-state index in [4.69, 9.17) is 0 Å². The number of rotatable bonds is 1. The summed E-state index contributed by atoms with van der Waals surface area (Å²) in [6.07, 6.45) is 3.07. The van der Waals surface area contributed by atoms with Crippen molar-refractivity contribution in [3.8, 4) is 0 Å². The molecule has 19 heavy (non-hydrogen) atoms. The first kappa shape index (κ1) is 12.5. The van der Waals surface area contributed by atoms with Crippen LogP contribution in [0.5, 0.6) is 0 Å². The minimum atomic E-state index is -0.338. The Balaban J connectivity index is 2.16. The molecule has 0 unspecified atom stereocenters. The third kappa shape index (κ3) is 1.91. The first-order chi connectivity index (χ1) is 9.09. The maximum absolute atomic E-state index is 12.3. The van der Waals surface area contributed by atoms with Gasteiger partial charge in [-0.2, -0.15) is 0 Å². The highest BCUT2D eigenvalue weighted by Gasteiger charge is 2.37. The van der Waals surface area contributed by atoms with E-state index in [0.717, 1.165) is 9.37 Å². The van der Waals surface area contributed by atoms with Crippen molar-refractivity contribution < 1.29 is 9.59 Å². The molecule has 0 aliphatic carbocycles. The summed E-state index contributed by atoms with van der Waals surface area (Å²) in [4.78, 5) is 29.7. The fourth-order valence-corrected chi connectivity index (χ4v) is 2.72. The van der Waals surface area contributed by atoms with Gasteiger partial charge in [-0.05, 0) is 40.2 Å². The molecule has 0 fully saturated rings. The molecule has 2 amide bonds. The monoisotopic (exact) mass is 380 g/mol. The first-order valence-electron chi connectivity index (χ1n) is 5.37. The van der Waals surface area contributed by atoms with Gasteiger partial charge in [-0.3, -0.25) is 14.6 Å². The Bertz CT molecular complexity index is 716. The molecule has 2 aromatic rings. The number of benzene rings is 1. The van der Waals surface area contributed by atoms with Gasteiger partial charge in [-0.1, -0.05) is 15.9 Å². The number of imide groups is 1. The van der Waals surface area contributed by atoms with Crippen LogP contribution >= 0.6 is 31.9 Å². The van der Waals surface area contributed by atoms with E-state index in [1.807, 2.05) is 0 Å². The van der Waals surface area contributed by atoms with Gasteiger partial charge in [0.15, 0.2) is 0 Å². The van der Waals surface area contributed by atoms with Crippen LogP contribution in [0.3, 0.4) is 0 Å². The zero-order valence-corrected chi connectivity index (χ0v) is 12.6. The maximum atomic E-state index is 12.3. The maximum Gasteiger partial charge on any atom is 0.266 e. The molecule has 0 bridgehead atoms. The highest BCUT2D eigenvalue weighted by Crippen LogP contribution is 2.33. The Morgan fingerprint density at radius 3 is 2.47 bits per heavy atom. The summed E-state index contributed by atoms with van der Waals surface area (Å²) in [6, 6.07) is 6.73. The molecular weight excluding hydrogens is 376 g/mol. The van der Waals surface area contributed by atoms with E-state index in [9.17, 15) is 9.59 Å². The molecule has 1 aromatic carbocycles. The number of nitrogens with zero attached hydrogens (tertiary/aromatic N) is 2. The summed E-state index contributed by atoms with van der Waals surface area (Å²) in [5, 5.41) is 0. The molecule has 1 aromatic heterocycles. The minimum Gasteiger partial charge on any atom is -0.268 e. The van der Waals surface area contributed by atoms with Crippen molar-refractivity contribution in [3.05, 3.63) is 56.7 Å². The van der Waals surface area contributed by atoms with E-state index in [2.05, 4.69) is 36.8 Å². The Labute approximate surface area is 125 Å². The molecule has 0 spiro atoms. The quantitative estimate of drug-likeness (QED) is 0.711. The molecule has 2 heterocycles. The van der Waals surface area contributed by atoms with Crippen molar-refractivity contribution in [1.82, 2.24) is 4.98 Å². The van der Waals surface area contributed by atoms with Gasteiger partial charge in [-0.15, -0.1) is 0 Å². The number of carbonyl (C=O) groups excluding carboxylic acids is 2. The zero-order chi connectivity index (χ0) is 13.6. The van der Waals surface area contributed by atoms with Crippen LogP contribution in [-0.2, 0) is 0 Å². The normalized spacial score (nSPS) is 13.9. The summed E-state index contributed by atoms with van der Waals surface area (Å²) in [6.45, 7) is 0. The highest BCUT2D eigenvalue weighted by molar-refractivity contribution is 9.10. The van der Waals surface area contributed by atoms with Crippen molar-refractivity contribution in [2.45, 2.75) is 0 Å². The molecule has 94 valence electrons. The highest BCUT2D eigenvalue weighted by atomic mass is 79.9. The zero-order valence-electron chi connectivity index (χ0n) is 9.43. The number of hydrogen-bond acceptors (Lipinski definition) is 3. The van der Waals surface area contributed by atoms with Crippen LogP contribution in [0, 0.1) is 0 Å². The summed E-state index contributed by atoms with van der Waals surface area (Å²) in [5.41, 5.74) is 1.25. The van der Waals surface area contributed by atoms with Gasteiger partial charge in [0.25, 0.3) is 11.8 Å². The lowest BCUT2D eigenvalue weighted by atomic mass is 10.1. The summed E-state index contributed by atoms with van der Waals surface area (Å²) in [7, 11) is 0. The predicted octanol–water partition coefficient (Wildman–Crippen LogP) is 3.41. The van der Waals surface area contributed by atoms with Crippen molar-refractivity contribution in [1.29, 1.82) is 0 Å². The number of fused-ring (bicyclic) bond motifs is 1. The van der Waals surface area contributed by atoms with E-state index in [1.54, 1.807) is 30.5 Å². The lowest BCUT2D eigenvalue weighted by Gasteiger charge is -2.14. The number of pyridine rings is 1. The average molecular weight is 382 g/mol. The van der Waals surface area contributed by atoms with Crippen LogP contribution in [-0.4, -0.2) is 16.8 Å². The topological polar surface area (TPSA) is 50.3 Å². The van der Waals surface area contributed by atoms with E-state index in [0.29, 0.717) is 21.3 Å². The molecule has 0 saturated heterocycles. The third-order valence-electron chi connectivity index (χ3n) is 2.84. The van der Waals surface area contributed by atoms with Crippen LogP contribution < -0.4 is 4.90 Å². The second-order valence-electron chi connectivity index (χ2n) is 3.96. The molecule has 0 saturated carbocycles. The van der Waals surface area contributed by atoms with Crippen molar-refractivity contribution in [3.63, 3.8) is 0 Å². The van der Waals surface area contributed by atoms with Crippen LogP contribution in [0.4, 0.5) is 5.69 Å². The molecular formula is C13H6Br2N2O2. The number of halogens is 2. The summed E-state index contributed by atoms with van der Waals surface area (Å²) >= 11 is 6.62. The van der Waals surface area contributed by atoms with Crippen LogP contribution in [0.25, 0.3) is 0 Å². The summed E-state index contributed by atoms with van der Waals surface area (Å²) < 4.78 is 1.41. The Morgan fingerprint density at radius 1 is 1.00 bits per heavy atom. The molecule has 3 rings (SSSR count). The fourth-order valence-electron chi connectivity index (χ4n) is 1.97. The Kier molecular flexibility index (Phi) is 2.99. The smallest absolute Gasteiger partial charge is 0.266 e. The van der Waals surface area contributed by atoms with Crippen molar-refractivity contribution in [2.75, 3.05) is 4.90 Å². The Hall–Kier alpha value is -1.53. The van der Waals surface area contributed by atoms with Crippen molar-refractivity contribution in [2.24, 2.45) is 0 Å². The predicted molar refractivity (Wildman–Crippen MR) is 77.2 cm³/mol. The molecule has 1 aliphatic heterocycles. The first-order valence-corrected chi connectivity index (χ1v) is 6.96. The number of carbonyl (C=O) groups is 2. The minimum absolute atomic E-state index is 0.332. The van der Waals surface area contributed by atoms with Gasteiger partial charge >= 0.3 is 0 Å². The van der Waals surface area contributed by atoms with Gasteiger partial charge < -0.3 is 0 Å². The van der Waals surface area contributed by atoms with Crippen LogP contribution in [0.2, 0.25) is 0 Å². The number of amides is 2. The Morgan fingerprint density at radius 2 is 1.74 bits per heavy atom. The fraction of sp³-hybridized carbons (Fsp3) is 0. The van der Waals surface area contributed by atoms with E-state index >= 15 is 0 Å². The van der Waals surface area contributed by atoms with Gasteiger partial charge in [0.2, 0.25) is 0 Å². The van der Waals surface area contributed by atoms with E-state index in [1.165, 1.54) is 6.20 Å². The second-order valence-corrected chi connectivity index (χ2v) is 5.73. The van der Waals surface area contributed by atoms with Crippen LogP contribution in [0.1, 0.15) is 20.7 Å². The van der Waals surface area contributed by atoms with Gasteiger partial charge in [0.05, 0.1) is 23.0 Å². The lowest BCUT2D eigenvalue weighted by molar-refractivity contribution is 0.0926. The molecule has 1 aliphatic rings. The molecule has 6 heteroatoms. The summed E-state index contributed by atoms with van der Waals surface area (Å²) in [5.74, 6) is -0.670. The van der Waals surface area contributed by atoms with Crippen molar-refractivity contribution >= 4 is 49.4 Å². The van der Waals surface area contributed by atoms with E-state index in [-0.39, 0.29) is 11.8 Å². The van der Waals surface area contributed by atoms with Gasteiger partial charge in [0.1, 0.15) is 0 Å². The average Bonchev–Trinajstić information content (AvgIpc) is 2.63. The molecule has 0 radical (unpaired) electrons. The van der Waals surface area contributed by atoms with Crippen LogP contribution in [0.15, 0.2) is 45.6 Å².